The van der Waals surface area contributed by atoms with Gasteiger partial charge in [-0.3, -0.25) is 9.69 Å². The van der Waals surface area contributed by atoms with Crippen LogP contribution in [0.5, 0.6) is 0 Å². The Morgan fingerprint density at radius 3 is 2.21 bits per heavy atom. The molecule has 0 radical (unpaired) electrons. The molecule has 3 aromatic rings. The van der Waals surface area contributed by atoms with E-state index in [2.05, 4.69) is 41.4 Å². The minimum atomic E-state index is -1.09. The molecule has 0 bridgehead atoms. The average molecular weight is 515 g/mol. The van der Waals surface area contributed by atoms with Crippen LogP contribution in [0.25, 0.3) is 11.1 Å². The number of aliphatic carboxylic acids is 1. The third kappa shape index (κ3) is 5.66. The molecule has 200 valence electrons. The fraction of sp³-hybridized carbons (Fsp3) is 0.375. The number of benzene rings is 3. The monoisotopic (exact) mass is 514 g/mol. The highest BCUT2D eigenvalue weighted by Gasteiger charge is 2.35. The molecule has 3 aromatic carbocycles. The molecule has 0 saturated carbocycles. The summed E-state index contributed by atoms with van der Waals surface area (Å²) < 4.78 is 6.18. The maximum atomic E-state index is 12.6. The predicted molar refractivity (Wildman–Crippen MR) is 150 cm³/mol. The standard InChI is InChI=1S/C32H38N2O4/c1-19-11-13-23(14-12-19)27-20(2)25-17-34(16-22-9-8-10-24(15-22)30(35)33-7)18-26(25)21(3)28(27)29(31(36)37)38-32(4,5)6/h8-15,29H,16-18H2,1-7H3,(H,33,35)(H,36,37). The first-order chi connectivity index (χ1) is 17.9. The summed E-state index contributed by atoms with van der Waals surface area (Å²) in [6.45, 7) is 14.0. The van der Waals surface area contributed by atoms with Crippen molar-refractivity contribution >= 4 is 11.9 Å². The maximum absolute atomic E-state index is 12.6. The van der Waals surface area contributed by atoms with Crippen LogP contribution < -0.4 is 5.32 Å². The van der Waals surface area contributed by atoms with Gasteiger partial charge in [0.25, 0.3) is 5.91 Å². The third-order valence-corrected chi connectivity index (χ3v) is 7.20. The summed E-state index contributed by atoms with van der Waals surface area (Å²) in [6.07, 6.45) is -1.09. The second-order valence-corrected chi connectivity index (χ2v) is 11.2. The summed E-state index contributed by atoms with van der Waals surface area (Å²) in [5.74, 6) is -1.09. The van der Waals surface area contributed by atoms with E-state index < -0.39 is 17.7 Å². The van der Waals surface area contributed by atoms with E-state index in [1.54, 1.807) is 7.05 Å². The fourth-order valence-corrected chi connectivity index (χ4v) is 5.42. The van der Waals surface area contributed by atoms with Crippen LogP contribution in [0.1, 0.15) is 76.2 Å². The van der Waals surface area contributed by atoms with Crippen LogP contribution >= 0.6 is 0 Å². The average Bonchev–Trinajstić information content (AvgIpc) is 3.29. The Morgan fingerprint density at radius 2 is 1.63 bits per heavy atom. The third-order valence-electron chi connectivity index (χ3n) is 7.20. The van der Waals surface area contributed by atoms with E-state index in [1.165, 1.54) is 11.1 Å². The topological polar surface area (TPSA) is 78.9 Å². The van der Waals surface area contributed by atoms with Gasteiger partial charge in [0.1, 0.15) is 0 Å². The number of hydrogen-bond donors (Lipinski definition) is 2. The summed E-state index contributed by atoms with van der Waals surface area (Å²) in [4.78, 5) is 27.1. The Kier molecular flexibility index (Phi) is 7.77. The number of nitrogens with zero attached hydrogens (tertiary/aromatic N) is 1. The van der Waals surface area contributed by atoms with Gasteiger partial charge in [-0.1, -0.05) is 42.0 Å². The minimum Gasteiger partial charge on any atom is -0.479 e. The van der Waals surface area contributed by atoms with Crippen molar-refractivity contribution in [3.8, 4) is 11.1 Å². The Morgan fingerprint density at radius 1 is 1.00 bits per heavy atom. The Bertz CT molecular complexity index is 1370. The molecule has 0 spiro atoms. The molecule has 1 aliphatic heterocycles. The molecule has 2 N–H and O–H groups in total. The number of amides is 1. The van der Waals surface area contributed by atoms with Gasteiger partial charge in [-0.25, -0.2) is 4.79 Å². The lowest BCUT2D eigenvalue weighted by Gasteiger charge is -2.30. The van der Waals surface area contributed by atoms with Crippen LogP contribution in [0.2, 0.25) is 0 Å². The zero-order valence-corrected chi connectivity index (χ0v) is 23.4. The summed E-state index contributed by atoms with van der Waals surface area (Å²) in [7, 11) is 1.63. The highest BCUT2D eigenvalue weighted by atomic mass is 16.5. The first-order valence-corrected chi connectivity index (χ1v) is 13.1. The second kappa shape index (κ2) is 10.7. The van der Waals surface area contributed by atoms with Crippen molar-refractivity contribution in [2.75, 3.05) is 7.05 Å². The summed E-state index contributed by atoms with van der Waals surface area (Å²) in [5, 5.41) is 13.0. The number of carbonyl (C=O) groups excluding carboxylic acids is 1. The molecule has 1 aliphatic rings. The highest BCUT2D eigenvalue weighted by molar-refractivity contribution is 5.94. The number of aryl methyl sites for hydroxylation is 1. The van der Waals surface area contributed by atoms with Crippen LogP contribution in [-0.4, -0.2) is 34.5 Å². The molecule has 1 amide bonds. The molecular weight excluding hydrogens is 476 g/mol. The van der Waals surface area contributed by atoms with Crippen LogP contribution in [-0.2, 0) is 29.2 Å². The normalized spacial score (nSPS) is 14.3. The van der Waals surface area contributed by atoms with Gasteiger partial charge in [0.15, 0.2) is 6.10 Å². The van der Waals surface area contributed by atoms with E-state index in [9.17, 15) is 14.7 Å². The molecule has 1 unspecified atom stereocenters. The van der Waals surface area contributed by atoms with E-state index in [4.69, 9.17) is 4.74 Å². The lowest BCUT2D eigenvalue weighted by Crippen LogP contribution is -2.28. The molecule has 0 aromatic heterocycles. The molecule has 6 nitrogen and oxygen atoms in total. The van der Waals surface area contributed by atoms with Crippen LogP contribution in [0, 0.1) is 20.8 Å². The molecule has 0 saturated heterocycles. The minimum absolute atomic E-state index is 0.103. The molecule has 4 rings (SSSR count). The molecule has 38 heavy (non-hydrogen) atoms. The van der Waals surface area contributed by atoms with Crippen molar-refractivity contribution in [1.29, 1.82) is 0 Å². The van der Waals surface area contributed by atoms with Crippen molar-refractivity contribution in [3.63, 3.8) is 0 Å². The summed E-state index contributed by atoms with van der Waals surface area (Å²) in [6, 6.07) is 16.0. The van der Waals surface area contributed by atoms with Gasteiger partial charge in [-0.15, -0.1) is 0 Å². The van der Waals surface area contributed by atoms with E-state index in [0.29, 0.717) is 18.7 Å². The lowest BCUT2D eigenvalue weighted by molar-refractivity contribution is -0.160. The number of ether oxygens (including phenoxy) is 1. The van der Waals surface area contributed by atoms with Crippen LogP contribution in [0.15, 0.2) is 48.5 Å². The zero-order chi connectivity index (χ0) is 27.8. The molecule has 0 aliphatic carbocycles. The number of fused-ring (bicyclic) bond motifs is 1. The van der Waals surface area contributed by atoms with E-state index in [1.807, 2.05) is 58.9 Å². The number of carbonyl (C=O) groups is 2. The SMILES string of the molecule is CNC(=O)c1cccc(CN2Cc3c(C)c(-c4ccc(C)cc4)c(C(OC(C)(C)C)C(=O)O)c(C)c3C2)c1. The van der Waals surface area contributed by atoms with Gasteiger partial charge in [-0.05, 0) is 92.6 Å². The predicted octanol–water partition coefficient (Wildman–Crippen LogP) is 6.10. The molecule has 1 atom stereocenters. The lowest BCUT2D eigenvalue weighted by atomic mass is 9.83. The largest absolute Gasteiger partial charge is 0.479 e. The number of carboxylic acid groups (broad SMARTS) is 1. The number of nitrogens with one attached hydrogen (secondary N) is 1. The molecule has 0 fully saturated rings. The zero-order valence-electron chi connectivity index (χ0n) is 23.4. The van der Waals surface area contributed by atoms with Crippen molar-refractivity contribution in [2.45, 2.75) is 72.9 Å². The van der Waals surface area contributed by atoms with Gasteiger partial charge < -0.3 is 15.2 Å². The van der Waals surface area contributed by atoms with Crippen molar-refractivity contribution in [2.24, 2.45) is 0 Å². The highest BCUT2D eigenvalue weighted by Crippen LogP contribution is 2.43. The van der Waals surface area contributed by atoms with E-state index in [-0.39, 0.29) is 5.91 Å². The summed E-state index contributed by atoms with van der Waals surface area (Å²) >= 11 is 0. The maximum Gasteiger partial charge on any atom is 0.337 e. The Labute approximate surface area is 225 Å². The van der Waals surface area contributed by atoms with Gasteiger partial charge in [0.05, 0.1) is 5.60 Å². The van der Waals surface area contributed by atoms with Gasteiger partial charge in [0, 0.05) is 37.8 Å². The van der Waals surface area contributed by atoms with E-state index >= 15 is 0 Å². The number of hydrogen-bond acceptors (Lipinski definition) is 4. The first-order valence-electron chi connectivity index (χ1n) is 13.1. The first kappa shape index (κ1) is 27.6. The van der Waals surface area contributed by atoms with Crippen molar-refractivity contribution in [3.05, 3.63) is 93.0 Å². The second-order valence-electron chi connectivity index (χ2n) is 11.2. The van der Waals surface area contributed by atoms with Gasteiger partial charge in [0.2, 0.25) is 0 Å². The number of carboxylic acids is 1. The van der Waals surface area contributed by atoms with Gasteiger partial charge in [-0.2, -0.15) is 0 Å². The molecule has 1 heterocycles. The number of rotatable bonds is 7. The van der Waals surface area contributed by atoms with Crippen LogP contribution in [0.4, 0.5) is 0 Å². The fourth-order valence-electron chi connectivity index (χ4n) is 5.42. The smallest absolute Gasteiger partial charge is 0.337 e. The van der Waals surface area contributed by atoms with Gasteiger partial charge >= 0.3 is 5.97 Å². The van der Waals surface area contributed by atoms with Crippen molar-refractivity contribution in [1.82, 2.24) is 10.2 Å². The molecule has 6 heteroatoms. The Balaban J connectivity index is 1.81. The summed E-state index contributed by atoms with van der Waals surface area (Å²) in [5.41, 5.74) is 9.37. The van der Waals surface area contributed by atoms with Crippen LogP contribution in [0.3, 0.4) is 0 Å². The Hall–Kier alpha value is -3.48. The van der Waals surface area contributed by atoms with Crippen molar-refractivity contribution < 1.29 is 19.4 Å². The molecular formula is C32H38N2O4. The quantitative estimate of drug-likeness (QED) is 0.399. The van der Waals surface area contributed by atoms with E-state index in [0.717, 1.165) is 45.5 Å².